The second-order valence-corrected chi connectivity index (χ2v) is 8.27. The third-order valence-corrected chi connectivity index (χ3v) is 5.89. The summed E-state index contributed by atoms with van der Waals surface area (Å²) in [5, 5.41) is 3.43. The van der Waals surface area contributed by atoms with E-state index in [1.54, 1.807) is 24.3 Å². The molecule has 0 fully saturated rings. The van der Waals surface area contributed by atoms with Crippen LogP contribution < -0.4 is 5.32 Å². The van der Waals surface area contributed by atoms with Crippen LogP contribution in [0.5, 0.6) is 0 Å². The number of hydrogen-bond acceptors (Lipinski definition) is 1. The van der Waals surface area contributed by atoms with Crippen LogP contribution in [0.15, 0.2) is 29.4 Å². The molecule has 0 heterocycles. The van der Waals surface area contributed by atoms with Gasteiger partial charge in [-0.3, -0.25) is 4.79 Å². The quantitative estimate of drug-likeness (QED) is 0.412. The van der Waals surface area contributed by atoms with Gasteiger partial charge in [-0.25, -0.2) is 0 Å². The van der Waals surface area contributed by atoms with Crippen LogP contribution in [0.3, 0.4) is 0 Å². The number of halogens is 4. The summed E-state index contributed by atoms with van der Waals surface area (Å²) in [6, 6.07) is 7.01. The average molecular weight is 559 g/mol. The molecule has 0 bridgehead atoms. The number of carbonyl (C=O) groups is 1. The molecule has 1 aromatic carbocycles. The number of carbonyl (C=O) groups excluding carboxylic acids is 1. The summed E-state index contributed by atoms with van der Waals surface area (Å²) in [5.41, 5.74) is 0.743. The Morgan fingerprint density at radius 1 is 1.13 bits per heavy atom. The maximum Gasteiger partial charge on any atom is 0.263 e. The van der Waals surface area contributed by atoms with E-state index in [2.05, 4.69) is 50.5 Å². The van der Waals surface area contributed by atoms with Crippen molar-refractivity contribution < 1.29 is 4.79 Å². The molecule has 0 unspecified atom stereocenters. The van der Waals surface area contributed by atoms with E-state index in [-0.39, 0.29) is 5.91 Å². The van der Waals surface area contributed by atoms with E-state index in [1.807, 2.05) is 22.6 Å². The Labute approximate surface area is 134 Å². The number of amides is 1. The van der Waals surface area contributed by atoms with E-state index in [1.165, 1.54) is 0 Å². The molecule has 1 N–H and O–H groups in total. The molecule has 0 aliphatic heterocycles. The molecule has 15 heavy (non-hydrogen) atoms. The molecule has 0 atom stereocenters. The van der Waals surface area contributed by atoms with Gasteiger partial charge in [0.15, 0.2) is 0 Å². The summed E-state index contributed by atoms with van der Waals surface area (Å²) in [6.45, 7) is 0. The van der Waals surface area contributed by atoms with Crippen LogP contribution >= 0.6 is 79.4 Å². The van der Waals surface area contributed by atoms with Crippen molar-refractivity contribution in [3.05, 3.63) is 34.5 Å². The van der Waals surface area contributed by atoms with E-state index in [9.17, 15) is 4.79 Å². The normalized spacial score (nSPS) is 9.60. The van der Waals surface area contributed by atoms with Gasteiger partial charge in [0.05, 0.1) is 5.17 Å². The molecule has 0 aliphatic rings. The number of benzene rings is 1. The Hall–Kier alpha value is 0.910. The maximum absolute atomic E-state index is 11.6. The molecular weight excluding hydrogens is 554 g/mol. The van der Waals surface area contributed by atoms with Crippen molar-refractivity contribution in [2.24, 2.45) is 0 Å². The average Bonchev–Trinajstić information content (AvgIpc) is 2.20. The standard InChI is InChI=1S/C9H5ClI3NO/c10-5-1-3-6(4-2-5)14-9(15)7(11)8(12)13/h1-4H,(H,14,15). The number of rotatable bonds is 2. The highest BCUT2D eigenvalue weighted by Crippen LogP contribution is 2.26. The second kappa shape index (κ2) is 6.60. The van der Waals surface area contributed by atoms with Crippen molar-refractivity contribution in [1.82, 2.24) is 0 Å². The zero-order valence-corrected chi connectivity index (χ0v) is 14.5. The van der Waals surface area contributed by atoms with Gasteiger partial charge in [-0.1, -0.05) is 11.6 Å². The van der Waals surface area contributed by atoms with Crippen LogP contribution in [0.2, 0.25) is 5.02 Å². The van der Waals surface area contributed by atoms with Crippen molar-refractivity contribution in [2.75, 3.05) is 5.32 Å². The fourth-order valence-corrected chi connectivity index (χ4v) is 1.56. The highest BCUT2D eigenvalue weighted by molar-refractivity contribution is 14.2. The zero-order chi connectivity index (χ0) is 11.4. The molecule has 0 spiro atoms. The minimum absolute atomic E-state index is 0.100. The van der Waals surface area contributed by atoms with Crippen molar-refractivity contribution >= 4 is 91.0 Å². The minimum atomic E-state index is -0.100. The summed E-state index contributed by atoms with van der Waals surface area (Å²) in [5.74, 6) is -0.100. The van der Waals surface area contributed by atoms with Gasteiger partial charge in [0.1, 0.15) is 0 Å². The molecule has 1 aromatic rings. The number of hydrogen-bond donors (Lipinski definition) is 1. The van der Waals surface area contributed by atoms with Gasteiger partial charge < -0.3 is 5.32 Å². The molecule has 0 radical (unpaired) electrons. The Morgan fingerprint density at radius 2 is 1.67 bits per heavy atom. The summed E-state index contributed by atoms with van der Waals surface area (Å²) >= 11 is 12.0. The van der Waals surface area contributed by atoms with Gasteiger partial charge in [0.25, 0.3) is 5.91 Å². The first-order chi connectivity index (χ1) is 7.00. The monoisotopic (exact) mass is 559 g/mol. The van der Waals surface area contributed by atoms with Gasteiger partial charge in [-0.05, 0) is 92.0 Å². The molecule has 0 saturated heterocycles. The van der Waals surface area contributed by atoms with E-state index < -0.39 is 0 Å². The largest absolute Gasteiger partial charge is 0.322 e. The first kappa shape index (κ1) is 14.0. The lowest BCUT2D eigenvalue weighted by atomic mass is 10.3. The number of nitrogens with one attached hydrogen (secondary N) is 1. The molecule has 6 heteroatoms. The lowest BCUT2D eigenvalue weighted by Crippen LogP contribution is -2.11. The van der Waals surface area contributed by atoms with E-state index in [0.717, 1.165) is 7.27 Å². The fourth-order valence-electron chi connectivity index (χ4n) is 0.805. The third-order valence-electron chi connectivity index (χ3n) is 1.47. The topological polar surface area (TPSA) is 29.1 Å². The molecule has 1 rings (SSSR count). The van der Waals surface area contributed by atoms with Crippen LogP contribution in [0.4, 0.5) is 5.69 Å². The van der Waals surface area contributed by atoms with Crippen LogP contribution in [-0.4, -0.2) is 5.91 Å². The first-order valence-electron chi connectivity index (χ1n) is 3.78. The van der Waals surface area contributed by atoms with Gasteiger partial charge in [-0.15, -0.1) is 0 Å². The SMILES string of the molecule is O=C(Nc1ccc(Cl)cc1)C(I)=C(I)I. The predicted octanol–water partition coefficient (Wildman–Crippen LogP) is 4.75. The summed E-state index contributed by atoms with van der Waals surface area (Å²) in [7, 11) is 0. The second-order valence-electron chi connectivity index (χ2n) is 2.54. The zero-order valence-electron chi connectivity index (χ0n) is 7.23. The molecule has 80 valence electrons. The molecule has 0 saturated carbocycles. The predicted molar refractivity (Wildman–Crippen MR) is 89.2 cm³/mol. The van der Waals surface area contributed by atoms with Crippen LogP contribution in [0, 0.1) is 0 Å². The minimum Gasteiger partial charge on any atom is -0.322 e. The van der Waals surface area contributed by atoms with Gasteiger partial charge >= 0.3 is 0 Å². The van der Waals surface area contributed by atoms with Gasteiger partial charge in [0.2, 0.25) is 0 Å². The summed E-state index contributed by atoms with van der Waals surface area (Å²) in [4.78, 5) is 11.6. The summed E-state index contributed by atoms with van der Waals surface area (Å²) < 4.78 is 1.63. The van der Waals surface area contributed by atoms with Crippen LogP contribution in [-0.2, 0) is 4.79 Å². The molecule has 0 aliphatic carbocycles. The van der Waals surface area contributed by atoms with Crippen molar-refractivity contribution in [3.8, 4) is 0 Å². The van der Waals surface area contributed by atoms with Crippen molar-refractivity contribution in [1.29, 1.82) is 0 Å². The third kappa shape index (κ3) is 4.73. The van der Waals surface area contributed by atoms with Crippen molar-refractivity contribution in [3.63, 3.8) is 0 Å². The molecular formula is C9H5ClI3NO. The lowest BCUT2D eigenvalue weighted by molar-refractivity contribution is -0.112. The van der Waals surface area contributed by atoms with Crippen LogP contribution in [0.25, 0.3) is 0 Å². The van der Waals surface area contributed by atoms with E-state index in [4.69, 9.17) is 11.6 Å². The van der Waals surface area contributed by atoms with Crippen LogP contribution in [0.1, 0.15) is 0 Å². The van der Waals surface area contributed by atoms with E-state index >= 15 is 0 Å². The van der Waals surface area contributed by atoms with Gasteiger partial charge in [0, 0.05) is 10.7 Å². The Morgan fingerprint density at radius 3 is 2.13 bits per heavy atom. The number of anilines is 1. The van der Waals surface area contributed by atoms with Gasteiger partial charge in [-0.2, -0.15) is 0 Å². The molecule has 1 amide bonds. The fraction of sp³-hybridized carbons (Fsp3) is 0. The summed E-state index contributed by atoms with van der Waals surface area (Å²) in [6.07, 6.45) is 0. The molecule has 0 aromatic heterocycles. The Kier molecular flexibility index (Phi) is 6.15. The Bertz CT molecular complexity index is 398. The highest BCUT2D eigenvalue weighted by Gasteiger charge is 2.09. The smallest absolute Gasteiger partial charge is 0.263 e. The molecule has 2 nitrogen and oxygen atoms in total. The van der Waals surface area contributed by atoms with E-state index in [0.29, 0.717) is 8.60 Å². The highest BCUT2D eigenvalue weighted by atomic mass is 127. The van der Waals surface area contributed by atoms with Crippen molar-refractivity contribution in [2.45, 2.75) is 0 Å². The maximum atomic E-state index is 11.6. The first-order valence-corrected chi connectivity index (χ1v) is 7.40. The Balaban J connectivity index is 2.75. The lowest BCUT2D eigenvalue weighted by Gasteiger charge is -2.04.